The molecule has 0 saturated carbocycles. The highest BCUT2D eigenvalue weighted by molar-refractivity contribution is 5.99. The van der Waals surface area contributed by atoms with E-state index in [1.807, 2.05) is 0 Å². The summed E-state index contributed by atoms with van der Waals surface area (Å²) in [6.07, 6.45) is 0.739. The maximum Gasteiger partial charge on any atom is 0.253 e. The summed E-state index contributed by atoms with van der Waals surface area (Å²) in [6, 6.07) is 4.44. The molecule has 0 bridgehead atoms. The quantitative estimate of drug-likeness (QED) is 0.721. The number of carbonyl (C=O) groups excluding carboxylic acids is 1. The molecule has 1 amide bonds. The predicted octanol–water partition coefficient (Wildman–Crippen LogP) is 2.66. The molecule has 0 radical (unpaired) electrons. The van der Waals surface area contributed by atoms with Gasteiger partial charge >= 0.3 is 0 Å². The first-order valence-electron chi connectivity index (χ1n) is 6.88. The Kier molecular flexibility index (Phi) is 7.01. The molecule has 0 fully saturated rings. The molecule has 20 heavy (non-hydrogen) atoms. The van der Waals surface area contributed by atoms with Crippen LogP contribution in [0.15, 0.2) is 18.2 Å². The zero-order valence-corrected chi connectivity index (χ0v) is 12.3. The fourth-order valence-electron chi connectivity index (χ4n) is 1.76. The van der Waals surface area contributed by atoms with E-state index in [0.717, 1.165) is 13.0 Å². The molecular formula is C15H23FN2O2. The van der Waals surface area contributed by atoms with Crippen LogP contribution in [0.5, 0.6) is 0 Å². The number of hydrogen-bond acceptors (Lipinski definition) is 3. The molecule has 0 unspecified atom stereocenters. The summed E-state index contributed by atoms with van der Waals surface area (Å²) >= 11 is 0. The molecule has 1 aromatic carbocycles. The third kappa shape index (κ3) is 5.17. The van der Waals surface area contributed by atoms with E-state index in [2.05, 4.69) is 24.5 Å². The van der Waals surface area contributed by atoms with Gasteiger partial charge in [0.05, 0.1) is 11.3 Å². The van der Waals surface area contributed by atoms with Gasteiger partial charge in [-0.2, -0.15) is 0 Å². The molecule has 0 aliphatic heterocycles. The van der Waals surface area contributed by atoms with E-state index in [0.29, 0.717) is 24.6 Å². The van der Waals surface area contributed by atoms with Crippen LogP contribution in [0.4, 0.5) is 10.1 Å². The Morgan fingerprint density at radius 2 is 2.15 bits per heavy atom. The van der Waals surface area contributed by atoms with Crippen molar-refractivity contribution in [1.29, 1.82) is 0 Å². The van der Waals surface area contributed by atoms with Gasteiger partial charge in [-0.3, -0.25) is 4.79 Å². The number of para-hydroxylation sites is 1. The van der Waals surface area contributed by atoms with Gasteiger partial charge in [0.1, 0.15) is 5.82 Å². The molecular weight excluding hydrogens is 259 g/mol. The highest BCUT2D eigenvalue weighted by Gasteiger charge is 2.13. The Hall–Kier alpha value is -1.62. The SMILES string of the molecule is CNc1c(F)cccc1C(=O)NCCCOCC(C)C. The number of ether oxygens (including phenoxy) is 1. The number of carbonyl (C=O) groups is 1. The maximum atomic E-state index is 13.5. The normalized spacial score (nSPS) is 10.7. The molecule has 0 spiro atoms. The molecule has 0 atom stereocenters. The fraction of sp³-hybridized carbons (Fsp3) is 0.533. The summed E-state index contributed by atoms with van der Waals surface area (Å²) in [7, 11) is 1.59. The summed E-state index contributed by atoms with van der Waals surface area (Å²) < 4.78 is 18.9. The topological polar surface area (TPSA) is 50.4 Å². The predicted molar refractivity (Wildman–Crippen MR) is 78.6 cm³/mol. The first kappa shape index (κ1) is 16.4. The Balaban J connectivity index is 2.38. The first-order valence-corrected chi connectivity index (χ1v) is 6.88. The second-order valence-corrected chi connectivity index (χ2v) is 4.99. The van der Waals surface area contributed by atoms with Crippen LogP contribution >= 0.6 is 0 Å². The molecule has 5 heteroatoms. The van der Waals surface area contributed by atoms with Crippen molar-refractivity contribution in [3.63, 3.8) is 0 Å². The zero-order chi connectivity index (χ0) is 15.0. The smallest absolute Gasteiger partial charge is 0.253 e. The van der Waals surface area contributed by atoms with Crippen LogP contribution in [0.2, 0.25) is 0 Å². The van der Waals surface area contributed by atoms with Gasteiger partial charge in [-0.25, -0.2) is 4.39 Å². The Bertz CT molecular complexity index is 436. The Morgan fingerprint density at radius 1 is 1.40 bits per heavy atom. The molecule has 0 heterocycles. The summed E-state index contributed by atoms with van der Waals surface area (Å²) in [4.78, 5) is 12.0. The van der Waals surface area contributed by atoms with Gasteiger partial charge in [-0.1, -0.05) is 19.9 Å². The average Bonchev–Trinajstić information content (AvgIpc) is 2.41. The lowest BCUT2D eigenvalue weighted by Crippen LogP contribution is -2.26. The van der Waals surface area contributed by atoms with Crippen LogP contribution in [0.25, 0.3) is 0 Å². The van der Waals surface area contributed by atoms with Crippen LogP contribution in [-0.4, -0.2) is 32.7 Å². The Labute approximate surface area is 119 Å². The molecule has 2 N–H and O–H groups in total. The first-order chi connectivity index (χ1) is 9.56. The molecule has 0 aliphatic rings. The van der Waals surface area contributed by atoms with E-state index in [-0.39, 0.29) is 11.6 Å². The molecule has 0 saturated heterocycles. The summed E-state index contributed by atoms with van der Waals surface area (Å²) in [6.45, 7) is 6.02. The maximum absolute atomic E-state index is 13.5. The standard InChI is InChI=1S/C15H23FN2O2/c1-11(2)10-20-9-5-8-18-15(19)12-6-4-7-13(16)14(12)17-3/h4,6-7,11,17H,5,8-10H2,1-3H3,(H,18,19). The number of hydrogen-bond donors (Lipinski definition) is 2. The lowest BCUT2D eigenvalue weighted by atomic mass is 10.1. The zero-order valence-electron chi connectivity index (χ0n) is 12.3. The lowest BCUT2D eigenvalue weighted by molar-refractivity contribution is 0.0925. The minimum atomic E-state index is -0.430. The van der Waals surface area contributed by atoms with E-state index in [4.69, 9.17) is 4.74 Å². The molecule has 112 valence electrons. The number of anilines is 1. The highest BCUT2D eigenvalue weighted by Crippen LogP contribution is 2.18. The van der Waals surface area contributed by atoms with Crippen LogP contribution in [-0.2, 0) is 4.74 Å². The van der Waals surface area contributed by atoms with E-state index in [1.165, 1.54) is 12.1 Å². The van der Waals surface area contributed by atoms with E-state index in [9.17, 15) is 9.18 Å². The van der Waals surface area contributed by atoms with Gasteiger partial charge in [0.15, 0.2) is 0 Å². The summed E-state index contributed by atoms with van der Waals surface area (Å²) in [5.74, 6) is -0.201. The summed E-state index contributed by atoms with van der Waals surface area (Å²) in [5.41, 5.74) is 0.539. The number of amides is 1. The van der Waals surface area contributed by atoms with Gasteiger partial charge in [-0.05, 0) is 24.5 Å². The summed E-state index contributed by atoms with van der Waals surface area (Å²) in [5, 5.41) is 5.47. The molecule has 1 aromatic rings. The number of rotatable bonds is 8. The van der Waals surface area contributed by atoms with Gasteiger partial charge in [-0.15, -0.1) is 0 Å². The van der Waals surface area contributed by atoms with Crippen molar-refractivity contribution in [3.05, 3.63) is 29.6 Å². The van der Waals surface area contributed by atoms with Gasteiger partial charge in [0.2, 0.25) is 0 Å². The van der Waals surface area contributed by atoms with E-state index in [1.54, 1.807) is 13.1 Å². The fourth-order valence-corrected chi connectivity index (χ4v) is 1.76. The largest absolute Gasteiger partial charge is 0.385 e. The highest BCUT2D eigenvalue weighted by atomic mass is 19.1. The molecule has 0 aromatic heterocycles. The second-order valence-electron chi connectivity index (χ2n) is 4.99. The third-order valence-electron chi connectivity index (χ3n) is 2.71. The molecule has 0 aliphatic carbocycles. The van der Waals surface area contributed by atoms with Crippen molar-refractivity contribution >= 4 is 11.6 Å². The van der Waals surface area contributed by atoms with Crippen LogP contribution in [0, 0.1) is 11.7 Å². The monoisotopic (exact) mass is 282 g/mol. The average molecular weight is 282 g/mol. The molecule has 1 rings (SSSR count). The number of halogens is 1. The van der Waals surface area contributed by atoms with E-state index < -0.39 is 5.82 Å². The van der Waals surface area contributed by atoms with Crippen molar-refractivity contribution in [3.8, 4) is 0 Å². The van der Waals surface area contributed by atoms with Crippen molar-refractivity contribution < 1.29 is 13.9 Å². The van der Waals surface area contributed by atoms with Crippen molar-refractivity contribution in [2.24, 2.45) is 5.92 Å². The van der Waals surface area contributed by atoms with Crippen LogP contribution < -0.4 is 10.6 Å². The minimum Gasteiger partial charge on any atom is -0.385 e. The van der Waals surface area contributed by atoms with Crippen molar-refractivity contribution in [1.82, 2.24) is 5.32 Å². The van der Waals surface area contributed by atoms with Gasteiger partial charge in [0.25, 0.3) is 5.91 Å². The van der Waals surface area contributed by atoms with Crippen LogP contribution in [0.1, 0.15) is 30.6 Å². The number of benzene rings is 1. The van der Waals surface area contributed by atoms with Crippen molar-refractivity contribution in [2.45, 2.75) is 20.3 Å². The lowest BCUT2D eigenvalue weighted by Gasteiger charge is -2.11. The second kappa shape index (κ2) is 8.53. The van der Waals surface area contributed by atoms with Crippen LogP contribution in [0.3, 0.4) is 0 Å². The minimum absolute atomic E-state index is 0.223. The Morgan fingerprint density at radius 3 is 2.80 bits per heavy atom. The number of nitrogens with one attached hydrogen (secondary N) is 2. The van der Waals surface area contributed by atoms with Gasteiger partial charge < -0.3 is 15.4 Å². The van der Waals surface area contributed by atoms with Crippen molar-refractivity contribution in [2.75, 3.05) is 32.1 Å². The van der Waals surface area contributed by atoms with E-state index >= 15 is 0 Å². The molecule has 4 nitrogen and oxygen atoms in total. The third-order valence-corrected chi connectivity index (χ3v) is 2.71. The van der Waals surface area contributed by atoms with Gasteiger partial charge in [0, 0.05) is 26.8 Å².